The van der Waals surface area contributed by atoms with Gasteiger partial charge in [-0.25, -0.2) is 4.79 Å². The predicted octanol–water partition coefficient (Wildman–Crippen LogP) is 3.07. The summed E-state index contributed by atoms with van der Waals surface area (Å²) >= 11 is 1.38. The lowest BCUT2D eigenvalue weighted by Crippen LogP contribution is -2.32. The Morgan fingerprint density at radius 3 is 2.69 bits per heavy atom. The molecule has 0 aromatic carbocycles. The summed E-state index contributed by atoms with van der Waals surface area (Å²) in [7, 11) is 0. The number of carbonyl (C=O) groups is 1. The summed E-state index contributed by atoms with van der Waals surface area (Å²) in [6.45, 7) is 4.38. The summed E-state index contributed by atoms with van der Waals surface area (Å²) in [5.41, 5.74) is 0. The van der Waals surface area contributed by atoms with Crippen molar-refractivity contribution >= 4 is 22.3 Å². The zero-order valence-corrected chi connectivity index (χ0v) is 10.3. The summed E-state index contributed by atoms with van der Waals surface area (Å²) < 4.78 is 0. The van der Waals surface area contributed by atoms with Crippen LogP contribution in [-0.4, -0.2) is 24.2 Å². The molecule has 1 aliphatic heterocycles. The van der Waals surface area contributed by atoms with Gasteiger partial charge in [0, 0.05) is 13.1 Å². The van der Waals surface area contributed by atoms with Crippen LogP contribution >= 0.6 is 11.3 Å². The van der Waals surface area contributed by atoms with E-state index in [0.29, 0.717) is 4.88 Å². The summed E-state index contributed by atoms with van der Waals surface area (Å²) in [6, 6.07) is 3.63. The van der Waals surface area contributed by atoms with Crippen LogP contribution < -0.4 is 4.90 Å². The second-order valence-electron chi connectivity index (χ2n) is 4.28. The van der Waals surface area contributed by atoms with Crippen molar-refractivity contribution < 1.29 is 9.90 Å². The smallest absolute Gasteiger partial charge is 0.345 e. The number of piperidine rings is 1. The molecule has 88 valence electrons. The third kappa shape index (κ3) is 2.38. The summed E-state index contributed by atoms with van der Waals surface area (Å²) in [5, 5.41) is 9.97. The minimum atomic E-state index is -0.820. The number of carboxylic acids is 1. The van der Waals surface area contributed by atoms with Crippen molar-refractivity contribution in [3.05, 3.63) is 17.0 Å². The third-order valence-corrected chi connectivity index (χ3v) is 4.44. The summed E-state index contributed by atoms with van der Waals surface area (Å²) in [5.74, 6) is 0.0369. The quantitative estimate of drug-likeness (QED) is 0.881. The van der Waals surface area contributed by atoms with Gasteiger partial charge < -0.3 is 10.0 Å². The molecule has 2 rings (SSSR count). The second-order valence-corrected chi connectivity index (χ2v) is 5.34. The Morgan fingerprint density at radius 1 is 1.50 bits per heavy atom. The molecule has 0 atom stereocenters. The van der Waals surface area contributed by atoms with Gasteiger partial charge in [-0.2, -0.15) is 0 Å². The number of thiophene rings is 1. The highest BCUT2D eigenvalue weighted by Crippen LogP contribution is 2.30. The van der Waals surface area contributed by atoms with Crippen LogP contribution in [0.15, 0.2) is 12.1 Å². The second kappa shape index (κ2) is 4.87. The van der Waals surface area contributed by atoms with E-state index in [1.165, 1.54) is 30.6 Å². The number of carboxylic acid groups (broad SMARTS) is 1. The molecular formula is C12H17NO2S. The fourth-order valence-electron chi connectivity index (χ4n) is 2.17. The van der Waals surface area contributed by atoms with Crippen LogP contribution in [0, 0.1) is 5.92 Å². The van der Waals surface area contributed by atoms with Crippen LogP contribution in [0.3, 0.4) is 0 Å². The lowest BCUT2D eigenvalue weighted by atomic mass is 9.95. The maximum absolute atomic E-state index is 10.8. The maximum Gasteiger partial charge on any atom is 0.345 e. The Bertz CT molecular complexity index is 367. The van der Waals surface area contributed by atoms with Gasteiger partial charge in [-0.05, 0) is 30.9 Å². The van der Waals surface area contributed by atoms with E-state index in [-0.39, 0.29) is 0 Å². The van der Waals surface area contributed by atoms with Crippen LogP contribution in [0.2, 0.25) is 0 Å². The highest BCUT2D eigenvalue weighted by Gasteiger charge is 2.19. The average Bonchev–Trinajstić information content (AvgIpc) is 2.78. The summed E-state index contributed by atoms with van der Waals surface area (Å²) in [4.78, 5) is 13.5. The van der Waals surface area contributed by atoms with Crippen molar-refractivity contribution in [1.82, 2.24) is 0 Å². The van der Waals surface area contributed by atoms with Gasteiger partial charge in [0.1, 0.15) is 4.88 Å². The molecule has 1 aromatic rings. The van der Waals surface area contributed by atoms with E-state index in [0.717, 1.165) is 24.0 Å². The molecule has 16 heavy (non-hydrogen) atoms. The molecule has 1 fully saturated rings. The predicted molar refractivity (Wildman–Crippen MR) is 66.5 cm³/mol. The SMILES string of the molecule is CCC1CCN(c2ccc(C(=O)O)s2)CC1. The van der Waals surface area contributed by atoms with E-state index in [2.05, 4.69) is 11.8 Å². The molecule has 3 nitrogen and oxygen atoms in total. The Morgan fingerprint density at radius 2 is 2.19 bits per heavy atom. The molecule has 0 unspecified atom stereocenters. The van der Waals surface area contributed by atoms with Crippen LogP contribution in [0.5, 0.6) is 0 Å². The van der Waals surface area contributed by atoms with Gasteiger partial charge in [-0.1, -0.05) is 13.3 Å². The van der Waals surface area contributed by atoms with Crippen molar-refractivity contribution in [2.75, 3.05) is 18.0 Å². The average molecular weight is 239 g/mol. The van der Waals surface area contributed by atoms with Gasteiger partial charge >= 0.3 is 5.97 Å². The molecule has 4 heteroatoms. The number of nitrogens with zero attached hydrogens (tertiary/aromatic N) is 1. The van der Waals surface area contributed by atoms with Gasteiger partial charge in [-0.3, -0.25) is 0 Å². The fraction of sp³-hybridized carbons (Fsp3) is 0.583. The first-order valence-electron chi connectivity index (χ1n) is 5.78. The number of hydrogen-bond donors (Lipinski definition) is 1. The van der Waals surface area contributed by atoms with E-state index < -0.39 is 5.97 Å². The number of hydrogen-bond acceptors (Lipinski definition) is 3. The normalized spacial score (nSPS) is 17.7. The van der Waals surface area contributed by atoms with Gasteiger partial charge in [-0.15, -0.1) is 11.3 Å². The first kappa shape index (κ1) is 11.5. The van der Waals surface area contributed by atoms with Crippen molar-refractivity contribution in [2.45, 2.75) is 26.2 Å². The number of rotatable bonds is 3. The van der Waals surface area contributed by atoms with Gasteiger partial charge in [0.25, 0.3) is 0 Å². The van der Waals surface area contributed by atoms with Crippen molar-refractivity contribution in [2.24, 2.45) is 5.92 Å². The Hall–Kier alpha value is -1.03. The zero-order valence-electron chi connectivity index (χ0n) is 9.48. The fourth-order valence-corrected chi connectivity index (χ4v) is 3.07. The first-order valence-corrected chi connectivity index (χ1v) is 6.60. The minimum absolute atomic E-state index is 0.438. The molecule has 0 amide bonds. The molecule has 1 saturated heterocycles. The van der Waals surface area contributed by atoms with Crippen molar-refractivity contribution in [1.29, 1.82) is 0 Å². The maximum atomic E-state index is 10.8. The highest BCUT2D eigenvalue weighted by molar-refractivity contribution is 7.17. The first-order chi connectivity index (χ1) is 7.70. The molecule has 1 aliphatic rings. The number of aromatic carboxylic acids is 1. The van der Waals surface area contributed by atoms with Crippen LogP contribution in [0.25, 0.3) is 0 Å². The van der Waals surface area contributed by atoms with Gasteiger partial charge in [0.2, 0.25) is 0 Å². The monoisotopic (exact) mass is 239 g/mol. The van der Waals surface area contributed by atoms with E-state index in [4.69, 9.17) is 5.11 Å². The third-order valence-electron chi connectivity index (χ3n) is 3.31. The topological polar surface area (TPSA) is 40.5 Å². The molecule has 0 saturated carbocycles. The molecule has 0 spiro atoms. The Labute approximate surface area is 99.7 Å². The van der Waals surface area contributed by atoms with E-state index in [1.54, 1.807) is 6.07 Å². The lowest BCUT2D eigenvalue weighted by molar-refractivity contribution is 0.0702. The standard InChI is InChI=1S/C12H17NO2S/c1-2-9-5-7-13(8-6-9)11-4-3-10(16-11)12(14)15/h3-4,9H,2,5-8H2,1H3,(H,14,15). The van der Waals surface area contributed by atoms with Gasteiger partial charge in [0.05, 0.1) is 5.00 Å². The molecular weight excluding hydrogens is 222 g/mol. The van der Waals surface area contributed by atoms with Crippen LogP contribution in [-0.2, 0) is 0 Å². The highest BCUT2D eigenvalue weighted by atomic mass is 32.1. The van der Waals surface area contributed by atoms with Crippen LogP contribution in [0.1, 0.15) is 35.9 Å². The van der Waals surface area contributed by atoms with E-state index in [1.807, 2.05) is 6.07 Å². The largest absolute Gasteiger partial charge is 0.477 e. The Kier molecular flexibility index (Phi) is 3.49. The van der Waals surface area contributed by atoms with Crippen molar-refractivity contribution in [3.63, 3.8) is 0 Å². The zero-order chi connectivity index (χ0) is 11.5. The van der Waals surface area contributed by atoms with E-state index >= 15 is 0 Å². The minimum Gasteiger partial charge on any atom is -0.477 e. The molecule has 1 N–H and O–H groups in total. The lowest BCUT2D eigenvalue weighted by Gasteiger charge is -2.32. The summed E-state index contributed by atoms with van der Waals surface area (Å²) in [6.07, 6.45) is 3.73. The molecule has 2 heterocycles. The molecule has 0 radical (unpaired) electrons. The molecule has 0 aliphatic carbocycles. The van der Waals surface area contributed by atoms with Crippen LogP contribution in [0.4, 0.5) is 5.00 Å². The number of anilines is 1. The van der Waals surface area contributed by atoms with E-state index in [9.17, 15) is 4.79 Å². The van der Waals surface area contributed by atoms with Gasteiger partial charge in [0.15, 0.2) is 0 Å². The van der Waals surface area contributed by atoms with Crippen molar-refractivity contribution in [3.8, 4) is 0 Å². The molecule has 0 bridgehead atoms. The Balaban J connectivity index is 2.00. The molecule has 1 aromatic heterocycles.